The molecule has 0 unspecified atom stereocenters. The van der Waals surface area contributed by atoms with Crippen molar-refractivity contribution >= 4 is 21.9 Å². The van der Waals surface area contributed by atoms with Crippen LogP contribution in [0.1, 0.15) is 51.9 Å². The average molecular weight is 315 g/mol. The number of aliphatic carboxylic acids is 1. The van der Waals surface area contributed by atoms with Crippen LogP contribution in [0.2, 0.25) is 0 Å². The van der Waals surface area contributed by atoms with Crippen LogP contribution in [0.5, 0.6) is 0 Å². The first kappa shape index (κ1) is 15.5. The van der Waals surface area contributed by atoms with E-state index in [-0.39, 0.29) is 0 Å². The molecule has 1 saturated carbocycles. The van der Waals surface area contributed by atoms with Gasteiger partial charge in [-0.05, 0) is 48.4 Å². The Balaban J connectivity index is 2.04. The summed E-state index contributed by atoms with van der Waals surface area (Å²) in [7, 11) is 0. The van der Waals surface area contributed by atoms with Gasteiger partial charge in [-0.25, -0.2) is 0 Å². The minimum absolute atomic E-state index is 0.337. The maximum absolute atomic E-state index is 10.4. The first-order valence-corrected chi connectivity index (χ1v) is 7.65. The average Bonchev–Trinajstić information content (AvgIpc) is 3.05. The second-order valence-electron chi connectivity index (χ2n) is 5.06. The zero-order chi connectivity index (χ0) is 13.4. The monoisotopic (exact) mass is 314 g/mol. The van der Waals surface area contributed by atoms with E-state index in [1.807, 2.05) is 0 Å². The lowest BCUT2D eigenvalue weighted by Crippen LogP contribution is -1.95. The van der Waals surface area contributed by atoms with E-state index in [0.717, 1.165) is 31.6 Å². The molecule has 0 aromatic carbocycles. The van der Waals surface area contributed by atoms with E-state index < -0.39 is 5.97 Å². The van der Waals surface area contributed by atoms with Gasteiger partial charge < -0.3 is 5.11 Å². The van der Waals surface area contributed by atoms with Crippen LogP contribution < -0.4 is 0 Å². The van der Waals surface area contributed by atoms with Crippen molar-refractivity contribution in [2.75, 3.05) is 0 Å². The van der Waals surface area contributed by atoms with Crippen LogP contribution in [-0.2, 0) is 4.79 Å². The maximum Gasteiger partial charge on any atom is 0.303 e. The summed E-state index contributed by atoms with van der Waals surface area (Å²) in [6.45, 7) is 2.17. The van der Waals surface area contributed by atoms with Crippen molar-refractivity contribution in [1.29, 1.82) is 0 Å². The molecule has 0 saturated heterocycles. The van der Waals surface area contributed by atoms with E-state index >= 15 is 0 Å². The summed E-state index contributed by atoms with van der Waals surface area (Å²) in [6, 6.07) is 0. The molecule has 1 aliphatic rings. The van der Waals surface area contributed by atoms with Crippen molar-refractivity contribution in [3.05, 3.63) is 22.7 Å². The summed E-state index contributed by atoms with van der Waals surface area (Å²) in [6.07, 6.45) is 13.5. The molecule has 0 radical (unpaired) electrons. The molecule has 1 N–H and O–H groups in total. The molecule has 2 atom stereocenters. The Labute approximate surface area is 118 Å². The maximum atomic E-state index is 10.4. The number of hydrogen-bond acceptors (Lipinski definition) is 1. The highest BCUT2D eigenvalue weighted by molar-refractivity contribution is 9.11. The van der Waals surface area contributed by atoms with Crippen LogP contribution in [0.15, 0.2) is 22.7 Å². The summed E-state index contributed by atoms with van der Waals surface area (Å²) in [5.74, 6) is 0.792. The zero-order valence-electron chi connectivity index (χ0n) is 11.1. The smallest absolute Gasteiger partial charge is 0.303 e. The Morgan fingerprint density at radius 2 is 2.06 bits per heavy atom. The van der Waals surface area contributed by atoms with E-state index in [0.29, 0.717) is 12.3 Å². The third-order valence-corrected chi connectivity index (χ3v) is 4.06. The number of carboxylic acids is 1. The number of carboxylic acid groups (broad SMARTS) is 1. The second kappa shape index (κ2) is 8.52. The predicted molar refractivity (Wildman–Crippen MR) is 78.8 cm³/mol. The molecule has 0 spiro atoms. The molecule has 102 valence electrons. The summed E-state index contributed by atoms with van der Waals surface area (Å²) in [5, 5.41) is 8.60. The topological polar surface area (TPSA) is 37.3 Å². The Morgan fingerprint density at radius 1 is 1.33 bits per heavy atom. The molecule has 0 aromatic heterocycles. The van der Waals surface area contributed by atoms with E-state index in [1.54, 1.807) is 0 Å². The largest absolute Gasteiger partial charge is 0.481 e. The van der Waals surface area contributed by atoms with E-state index in [4.69, 9.17) is 5.11 Å². The first-order chi connectivity index (χ1) is 8.63. The fourth-order valence-corrected chi connectivity index (χ4v) is 2.78. The number of allylic oxidation sites excluding steroid dienone is 4. The lowest BCUT2D eigenvalue weighted by molar-refractivity contribution is -0.137. The predicted octanol–water partition coefficient (Wildman–Crippen LogP) is 4.90. The van der Waals surface area contributed by atoms with E-state index in [2.05, 4.69) is 41.1 Å². The van der Waals surface area contributed by atoms with Crippen molar-refractivity contribution in [3.63, 3.8) is 0 Å². The second-order valence-corrected chi connectivity index (χ2v) is 6.08. The zero-order valence-corrected chi connectivity index (χ0v) is 12.7. The molecule has 0 heterocycles. The van der Waals surface area contributed by atoms with E-state index in [9.17, 15) is 4.79 Å². The highest BCUT2D eigenvalue weighted by Gasteiger charge is 2.35. The SMILES string of the molecule is CCC/C(Br)=C/C=C/CC[C@H]1C[C@@H]1CCC(=O)O. The fraction of sp³-hybridized carbons (Fsp3) is 0.667. The Bertz CT molecular complexity index is 320. The van der Waals surface area contributed by atoms with Gasteiger partial charge in [0, 0.05) is 6.42 Å². The summed E-state index contributed by atoms with van der Waals surface area (Å²) in [4.78, 5) is 10.4. The van der Waals surface area contributed by atoms with Gasteiger partial charge in [-0.1, -0.05) is 47.5 Å². The minimum Gasteiger partial charge on any atom is -0.481 e. The van der Waals surface area contributed by atoms with Crippen molar-refractivity contribution < 1.29 is 9.90 Å². The highest BCUT2D eigenvalue weighted by atomic mass is 79.9. The molecule has 1 fully saturated rings. The molecule has 0 aliphatic heterocycles. The third kappa shape index (κ3) is 7.00. The normalized spacial score (nSPS) is 23.6. The Kier molecular flexibility index (Phi) is 7.33. The molecule has 3 heteroatoms. The van der Waals surface area contributed by atoms with Crippen molar-refractivity contribution in [3.8, 4) is 0 Å². The van der Waals surface area contributed by atoms with Crippen molar-refractivity contribution in [2.24, 2.45) is 11.8 Å². The quantitative estimate of drug-likeness (QED) is 0.614. The van der Waals surface area contributed by atoms with Gasteiger partial charge in [0.25, 0.3) is 0 Å². The van der Waals surface area contributed by atoms with Gasteiger partial charge in [0.05, 0.1) is 0 Å². The fourth-order valence-electron chi connectivity index (χ4n) is 2.23. The van der Waals surface area contributed by atoms with Crippen LogP contribution in [0.3, 0.4) is 0 Å². The number of halogens is 1. The summed E-state index contributed by atoms with van der Waals surface area (Å²) in [5.41, 5.74) is 0. The molecule has 0 bridgehead atoms. The Hall–Kier alpha value is -0.570. The molecule has 0 amide bonds. The number of rotatable bonds is 9. The standard InChI is InChI=1S/C15H23BrO2/c1-2-6-14(16)8-5-3-4-7-12-11-13(12)9-10-15(17)18/h3,5,8,12-13H,2,4,6-7,9-11H2,1H3,(H,17,18)/b5-3+,14-8-/t12-,13-/m0/s1. The lowest BCUT2D eigenvalue weighted by Gasteiger charge is -1.96. The summed E-state index contributed by atoms with van der Waals surface area (Å²) < 4.78 is 1.26. The van der Waals surface area contributed by atoms with Crippen LogP contribution in [0.25, 0.3) is 0 Å². The van der Waals surface area contributed by atoms with Gasteiger partial charge in [-0.15, -0.1) is 0 Å². The highest BCUT2D eigenvalue weighted by Crippen LogP contribution is 2.45. The van der Waals surface area contributed by atoms with Gasteiger partial charge in [0.2, 0.25) is 0 Å². The molecular formula is C15H23BrO2. The Morgan fingerprint density at radius 3 is 2.72 bits per heavy atom. The summed E-state index contributed by atoms with van der Waals surface area (Å²) >= 11 is 3.53. The van der Waals surface area contributed by atoms with Gasteiger partial charge in [-0.3, -0.25) is 4.79 Å². The van der Waals surface area contributed by atoms with Gasteiger partial charge in [-0.2, -0.15) is 0 Å². The number of carbonyl (C=O) groups is 1. The molecule has 18 heavy (non-hydrogen) atoms. The van der Waals surface area contributed by atoms with Gasteiger partial charge >= 0.3 is 5.97 Å². The van der Waals surface area contributed by atoms with Crippen LogP contribution in [-0.4, -0.2) is 11.1 Å². The molecular weight excluding hydrogens is 292 g/mol. The van der Waals surface area contributed by atoms with Gasteiger partial charge in [0.1, 0.15) is 0 Å². The molecule has 2 nitrogen and oxygen atoms in total. The van der Waals surface area contributed by atoms with Crippen LogP contribution in [0.4, 0.5) is 0 Å². The van der Waals surface area contributed by atoms with Crippen LogP contribution in [0, 0.1) is 11.8 Å². The molecule has 0 aromatic rings. The first-order valence-electron chi connectivity index (χ1n) is 6.86. The minimum atomic E-state index is -0.661. The van der Waals surface area contributed by atoms with Gasteiger partial charge in [0.15, 0.2) is 0 Å². The molecule has 1 aliphatic carbocycles. The van der Waals surface area contributed by atoms with Crippen molar-refractivity contribution in [1.82, 2.24) is 0 Å². The van der Waals surface area contributed by atoms with Crippen LogP contribution >= 0.6 is 15.9 Å². The number of hydrogen-bond donors (Lipinski definition) is 1. The van der Waals surface area contributed by atoms with E-state index in [1.165, 1.54) is 17.3 Å². The van der Waals surface area contributed by atoms with Crippen molar-refractivity contribution in [2.45, 2.75) is 51.9 Å². The third-order valence-electron chi connectivity index (χ3n) is 3.40. The molecule has 1 rings (SSSR count). The lowest BCUT2D eigenvalue weighted by atomic mass is 10.1.